The van der Waals surface area contributed by atoms with Crippen LogP contribution in [0.4, 0.5) is 0 Å². The van der Waals surface area contributed by atoms with Crippen LogP contribution < -0.4 is 0 Å². The Morgan fingerprint density at radius 1 is 0.441 bits per heavy atom. The van der Waals surface area contributed by atoms with E-state index in [2.05, 4.69) is 149 Å². The van der Waals surface area contributed by atoms with Gasteiger partial charge in [0.15, 0.2) is 0 Å². The van der Waals surface area contributed by atoms with Gasteiger partial charge in [-0.2, -0.15) is 0 Å². The summed E-state index contributed by atoms with van der Waals surface area (Å²) in [5.74, 6) is 0.836. The molecule has 59 heavy (non-hydrogen) atoms. The lowest BCUT2D eigenvalue weighted by Gasteiger charge is -2.07. The molecule has 0 atom stereocenters. The van der Waals surface area contributed by atoms with E-state index < -0.39 is 0 Å². The molecule has 274 valence electrons. The molecule has 0 aliphatic heterocycles. The fourth-order valence-corrected chi connectivity index (χ4v) is 10.7. The van der Waals surface area contributed by atoms with Gasteiger partial charge < -0.3 is 17.6 Å². The summed E-state index contributed by atoms with van der Waals surface area (Å²) in [6.07, 6.45) is 5.92. The predicted octanol–water partition coefficient (Wildman–Crippen LogP) is 15.6. The topological polar surface area (TPSA) is 35.1 Å². The molecule has 4 heteroatoms. The van der Waals surface area contributed by atoms with Crippen LogP contribution in [-0.2, 0) is 0 Å². The van der Waals surface area contributed by atoms with Gasteiger partial charge in [0.2, 0.25) is 0 Å². The number of aromatic nitrogens is 2. The maximum absolute atomic E-state index is 6.25. The number of fused-ring (bicyclic) bond motifs is 16. The van der Waals surface area contributed by atoms with Crippen LogP contribution in [-0.4, -0.2) is 8.80 Å². The number of hydrogen-bond acceptors (Lipinski definition) is 2. The number of rotatable bonds is 4. The van der Waals surface area contributed by atoms with Crippen molar-refractivity contribution in [3.8, 4) is 22.3 Å². The fraction of sp³-hybridized carbons (Fsp3) is 0.0182. The molecular formula is C55H32N2O2. The van der Waals surface area contributed by atoms with Crippen molar-refractivity contribution in [3.05, 3.63) is 170 Å². The average molecular weight is 753 g/mol. The van der Waals surface area contributed by atoms with Crippen molar-refractivity contribution in [2.24, 2.45) is 0 Å². The minimum Gasteiger partial charge on any atom is -0.456 e. The molecule has 6 heterocycles. The number of furan rings is 2. The Morgan fingerprint density at radius 2 is 0.966 bits per heavy atom. The summed E-state index contributed by atoms with van der Waals surface area (Å²) in [6, 6.07) is 53.5. The van der Waals surface area contributed by atoms with Crippen LogP contribution in [0.1, 0.15) is 18.2 Å². The molecule has 14 rings (SSSR count). The summed E-state index contributed by atoms with van der Waals surface area (Å²) in [6.45, 7) is 6.14. The maximum atomic E-state index is 6.25. The highest BCUT2D eigenvalue weighted by Gasteiger charge is 2.25. The van der Waals surface area contributed by atoms with E-state index in [4.69, 9.17) is 8.83 Å². The number of nitrogens with zero attached hydrogens (tertiary/aromatic N) is 2. The van der Waals surface area contributed by atoms with Crippen molar-refractivity contribution in [1.29, 1.82) is 0 Å². The number of para-hydroxylation sites is 3. The first-order chi connectivity index (χ1) is 29.2. The van der Waals surface area contributed by atoms with Crippen LogP contribution in [0.25, 0.3) is 144 Å². The first-order valence-corrected chi connectivity index (χ1v) is 20.2. The minimum absolute atomic E-state index is 0.836. The molecule has 0 radical (unpaired) electrons. The van der Waals surface area contributed by atoms with Gasteiger partial charge in [0.25, 0.3) is 0 Å². The van der Waals surface area contributed by atoms with Crippen LogP contribution in [0, 0.1) is 0 Å². The van der Waals surface area contributed by atoms with E-state index in [1.165, 1.54) is 92.9 Å². The Labute approximate surface area is 336 Å². The lowest BCUT2D eigenvalue weighted by Crippen LogP contribution is -1.82. The molecule has 0 fully saturated rings. The van der Waals surface area contributed by atoms with Crippen LogP contribution in [0.5, 0.6) is 0 Å². The fourth-order valence-electron chi connectivity index (χ4n) is 10.7. The lowest BCUT2D eigenvalue weighted by molar-refractivity contribution is 0.603. The Balaban J connectivity index is 1.06. The SMILES string of the molecule is C=Cc1c(/C=C\C)oc2ccc(-c3ccc4c5cc6c(cc5n5c7ccccc7c3c45)c3ccc(-c4ccc5oc7ccccc7c5c4)c4c5ccccc5n6c34)cc12. The lowest BCUT2D eigenvalue weighted by atomic mass is 9.95. The molecule has 0 amide bonds. The van der Waals surface area contributed by atoms with Crippen LogP contribution in [0.15, 0.2) is 167 Å². The largest absolute Gasteiger partial charge is 0.456 e. The Hall–Kier alpha value is -7.82. The highest BCUT2D eigenvalue weighted by Crippen LogP contribution is 2.49. The first kappa shape index (κ1) is 31.3. The zero-order valence-corrected chi connectivity index (χ0v) is 32.0. The average Bonchev–Trinajstić information content (AvgIpc) is 4.12. The molecule has 0 saturated carbocycles. The Kier molecular flexibility index (Phi) is 5.82. The summed E-state index contributed by atoms with van der Waals surface area (Å²) in [5.41, 5.74) is 15.9. The summed E-state index contributed by atoms with van der Waals surface area (Å²) >= 11 is 0. The van der Waals surface area contributed by atoms with E-state index in [0.29, 0.717) is 0 Å². The molecule has 8 aromatic carbocycles. The van der Waals surface area contributed by atoms with E-state index >= 15 is 0 Å². The zero-order chi connectivity index (χ0) is 38.7. The normalized spacial score (nSPS) is 12.8. The first-order valence-electron chi connectivity index (χ1n) is 20.2. The number of allylic oxidation sites excluding steroid dienone is 1. The molecule has 0 bridgehead atoms. The van der Waals surface area contributed by atoms with Crippen molar-refractivity contribution < 1.29 is 8.83 Å². The third-order valence-electron chi connectivity index (χ3n) is 13.1. The third kappa shape index (κ3) is 3.84. The number of hydrogen-bond donors (Lipinski definition) is 0. The minimum atomic E-state index is 0.836. The van der Waals surface area contributed by atoms with Gasteiger partial charge in [-0.1, -0.05) is 110 Å². The molecule has 0 aliphatic rings. The quantitative estimate of drug-likeness (QED) is 0.179. The summed E-state index contributed by atoms with van der Waals surface area (Å²) in [4.78, 5) is 0. The molecule has 14 aromatic rings. The van der Waals surface area contributed by atoms with E-state index in [0.717, 1.165) is 49.8 Å². The third-order valence-corrected chi connectivity index (χ3v) is 13.1. The summed E-state index contributed by atoms with van der Waals surface area (Å²) in [7, 11) is 0. The maximum Gasteiger partial charge on any atom is 0.135 e. The van der Waals surface area contributed by atoms with E-state index in [-0.39, 0.29) is 0 Å². The van der Waals surface area contributed by atoms with Gasteiger partial charge >= 0.3 is 0 Å². The van der Waals surface area contributed by atoms with Crippen LogP contribution in [0.3, 0.4) is 0 Å². The van der Waals surface area contributed by atoms with E-state index in [1.54, 1.807) is 0 Å². The highest BCUT2D eigenvalue weighted by atomic mass is 16.3. The molecule has 0 N–H and O–H groups in total. The molecule has 0 saturated heterocycles. The second kappa shape index (κ2) is 11.0. The second-order valence-corrected chi connectivity index (χ2v) is 16.0. The molecular weight excluding hydrogens is 721 g/mol. The molecule has 6 aromatic heterocycles. The van der Waals surface area contributed by atoms with Gasteiger partial charge in [0.1, 0.15) is 22.5 Å². The highest BCUT2D eigenvalue weighted by molar-refractivity contribution is 6.32. The van der Waals surface area contributed by atoms with Crippen molar-refractivity contribution >= 4 is 121 Å². The summed E-state index contributed by atoms with van der Waals surface area (Å²) in [5, 5.41) is 13.5. The van der Waals surface area contributed by atoms with E-state index in [9.17, 15) is 0 Å². The van der Waals surface area contributed by atoms with Crippen molar-refractivity contribution in [2.75, 3.05) is 0 Å². The zero-order valence-electron chi connectivity index (χ0n) is 32.0. The summed E-state index contributed by atoms with van der Waals surface area (Å²) < 4.78 is 17.5. The molecule has 0 aliphatic carbocycles. The molecule has 4 nitrogen and oxygen atoms in total. The predicted molar refractivity (Wildman–Crippen MR) is 248 cm³/mol. The van der Waals surface area contributed by atoms with Gasteiger partial charge in [-0.3, -0.25) is 0 Å². The van der Waals surface area contributed by atoms with Crippen molar-refractivity contribution in [1.82, 2.24) is 8.80 Å². The standard InChI is InChI=1S/C55H32N2O2/c1-3-11-48-32(4-2)42-26-30(18-24-50(42)58-48)33-20-22-36-40-28-47-41(29-46(40)56-44-15-8-5-13-38(44)52(33)54(36)56)37-23-21-34(53-39-14-6-9-16-45(39)57(47)55(37)53)31-19-25-51-43(27-31)35-12-7-10-17-49(35)59-51/h3-29H,2H2,1H3/b11-3-. The Morgan fingerprint density at radius 3 is 1.56 bits per heavy atom. The van der Waals surface area contributed by atoms with Crippen LogP contribution in [0.2, 0.25) is 0 Å². The van der Waals surface area contributed by atoms with Gasteiger partial charge in [-0.25, -0.2) is 0 Å². The smallest absolute Gasteiger partial charge is 0.135 e. The monoisotopic (exact) mass is 752 g/mol. The number of benzene rings is 8. The second-order valence-electron chi connectivity index (χ2n) is 16.0. The molecule has 0 spiro atoms. The van der Waals surface area contributed by atoms with Crippen molar-refractivity contribution in [3.63, 3.8) is 0 Å². The Bertz CT molecular complexity index is 4160. The van der Waals surface area contributed by atoms with E-state index in [1.807, 2.05) is 37.3 Å². The van der Waals surface area contributed by atoms with Crippen LogP contribution >= 0.6 is 0 Å². The van der Waals surface area contributed by atoms with Gasteiger partial charge in [0, 0.05) is 64.8 Å². The van der Waals surface area contributed by atoms with Gasteiger partial charge in [0.05, 0.1) is 33.1 Å². The van der Waals surface area contributed by atoms with Gasteiger partial charge in [-0.05, 0) is 89.9 Å². The molecule has 0 unspecified atom stereocenters. The van der Waals surface area contributed by atoms with Crippen molar-refractivity contribution in [2.45, 2.75) is 6.92 Å². The van der Waals surface area contributed by atoms with Gasteiger partial charge in [-0.15, -0.1) is 0 Å².